The van der Waals surface area contributed by atoms with Gasteiger partial charge >= 0.3 is 0 Å². The fraction of sp³-hybridized carbons (Fsp3) is 0.250. The molecule has 8 heteroatoms. The minimum absolute atomic E-state index is 0.457. The monoisotopic (exact) mass is 458 g/mol. The van der Waals surface area contributed by atoms with Crippen molar-refractivity contribution in [1.29, 1.82) is 0 Å². The quantitative estimate of drug-likeness (QED) is 0.519. The molecule has 0 radical (unpaired) electrons. The van der Waals surface area contributed by atoms with Crippen molar-refractivity contribution in [2.45, 2.75) is 24.7 Å². The average Bonchev–Trinajstić information content (AvgIpc) is 2.88. The number of anilines is 1. The molecule has 2 heterocycles. The summed E-state index contributed by atoms with van der Waals surface area (Å²) < 4.78 is 12.8. The Morgan fingerprint density at radius 1 is 1.21 bits per heavy atom. The number of para-hydroxylation sites is 1. The van der Waals surface area contributed by atoms with Gasteiger partial charge in [0, 0.05) is 21.5 Å². The number of rotatable bonds is 5. The molecule has 0 amide bonds. The predicted molar refractivity (Wildman–Crippen MR) is 114 cm³/mol. The lowest BCUT2D eigenvalue weighted by Crippen LogP contribution is -2.18. The van der Waals surface area contributed by atoms with E-state index in [2.05, 4.69) is 43.4 Å². The maximum atomic E-state index is 6.30. The van der Waals surface area contributed by atoms with E-state index in [1.165, 1.54) is 0 Å². The number of fused-ring (bicyclic) bond motifs is 3. The normalized spacial score (nSPS) is 14.9. The summed E-state index contributed by atoms with van der Waals surface area (Å²) in [7, 11) is 1.65. The molecule has 0 saturated heterocycles. The maximum absolute atomic E-state index is 6.30. The van der Waals surface area contributed by atoms with Gasteiger partial charge in [0.1, 0.15) is 5.75 Å². The highest BCUT2D eigenvalue weighted by molar-refractivity contribution is 9.10. The van der Waals surface area contributed by atoms with Gasteiger partial charge in [-0.25, -0.2) is 0 Å². The predicted octanol–water partition coefficient (Wildman–Crippen LogP) is 5.31. The molecule has 0 bridgehead atoms. The summed E-state index contributed by atoms with van der Waals surface area (Å²) in [6.07, 6.45) is 0.546. The molecule has 1 N–H and O–H groups in total. The van der Waals surface area contributed by atoms with Crippen molar-refractivity contribution in [3.63, 3.8) is 0 Å². The lowest BCUT2D eigenvalue weighted by Gasteiger charge is -2.21. The van der Waals surface area contributed by atoms with Crippen molar-refractivity contribution in [2.24, 2.45) is 0 Å². The van der Waals surface area contributed by atoms with Crippen LogP contribution in [0.3, 0.4) is 0 Å². The molecule has 3 aromatic rings. The second kappa shape index (κ2) is 8.36. The average molecular weight is 459 g/mol. The molecule has 1 aliphatic heterocycles. The Morgan fingerprint density at radius 3 is 2.89 bits per heavy atom. The summed E-state index contributed by atoms with van der Waals surface area (Å²) in [6, 6.07) is 13.7. The summed E-state index contributed by atoms with van der Waals surface area (Å²) in [4.78, 5) is 4.64. The molecule has 28 heavy (non-hydrogen) atoms. The standard InChI is InChI=1S/C20H19BrN4O2S/c1-3-10-28-20-23-19-17(24-25-20)13-6-4-5-7-15(13)22-18(27-19)14-11-12(21)8-9-16(14)26-2/h4-9,11,18,22H,3,10H2,1-2H3. The van der Waals surface area contributed by atoms with Crippen LogP contribution < -0.4 is 14.8 Å². The number of nitrogens with zero attached hydrogens (tertiary/aromatic N) is 3. The van der Waals surface area contributed by atoms with E-state index in [-0.39, 0.29) is 0 Å². The zero-order valence-corrected chi connectivity index (χ0v) is 17.9. The molecular formula is C20H19BrN4O2S. The third kappa shape index (κ3) is 3.79. The zero-order chi connectivity index (χ0) is 19.5. The number of nitrogens with one attached hydrogen (secondary N) is 1. The zero-order valence-electron chi connectivity index (χ0n) is 15.5. The summed E-state index contributed by atoms with van der Waals surface area (Å²) >= 11 is 5.11. The van der Waals surface area contributed by atoms with E-state index in [0.29, 0.717) is 16.7 Å². The number of methoxy groups -OCH3 is 1. The van der Waals surface area contributed by atoms with Gasteiger partial charge in [-0.05, 0) is 30.7 Å². The van der Waals surface area contributed by atoms with E-state index in [1.807, 2.05) is 42.5 Å². The van der Waals surface area contributed by atoms with Gasteiger partial charge in [-0.15, -0.1) is 10.2 Å². The Kier molecular flexibility index (Phi) is 5.68. The van der Waals surface area contributed by atoms with Crippen LogP contribution in [0.5, 0.6) is 11.6 Å². The number of thioether (sulfide) groups is 1. The summed E-state index contributed by atoms with van der Waals surface area (Å²) in [5, 5.41) is 12.8. The molecule has 0 saturated carbocycles. The Bertz CT molecular complexity index is 1000. The number of hydrogen-bond donors (Lipinski definition) is 1. The topological polar surface area (TPSA) is 69.2 Å². The summed E-state index contributed by atoms with van der Waals surface area (Å²) in [5.74, 6) is 2.11. The van der Waals surface area contributed by atoms with E-state index in [1.54, 1.807) is 18.9 Å². The largest absolute Gasteiger partial charge is 0.496 e. The molecule has 2 aromatic carbocycles. The smallest absolute Gasteiger partial charge is 0.247 e. The van der Waals surface area contributed by atoms with Crippen LogP contribution in [0.4, 0.5) is 5.69 Å². The first kappa shape index (κ1) is 19.0. The second-order valence-corrected chi connectivity index (χ2v) is 8.15. The van der Waals surface area contributed by atoms with Crippen molar-refractivity contribution < 1.29 is 9.47 Å². The molecule has 0 spiro atoms. The van der Waals surface area contributed by atoms with Crippen molar-refractivity contribution in [2.75, 3.05) is 18.2 Å². The van der Waals surface area contributed by atoms with Crippen LogP contribution in [0.25, 0.3) is 11.3 Å². The minimum atomic E-state index is -0.490. The summed E-state index contributed by atoms with van der Waals surface area (Å²) in [6.45, 7) is 2.12. The number of ether oxygens (including phenoxy) is 2. The first-order valence-corrected chi connectivity index (χ1v) is 10.7. The molecule has 4 rings (SSSR count). The Balaban J connectivity index is 1.82. The lowest BCUT2D eigenvalue weighted by molar-refractivity contribution is 0.219. The molecule has 1 atom stereocenters. The number of benzene rings is 2. The molecule has 0 aliphatic carbocycles. The number of halogens is 1. The van der Waals surface area contributed by atoms with Gasteiger partial charge in [0.25, 0.3) is 0 Å². The first-order chi connectivity index (χ1) is 13.7. The highest BCUT2D eigenvalue weighted by Crippen LogP contribution is 2.41. The SMILES string of the molecule is CCCSc1nnc2c(n1)OC(c1cc(Br)ccc1OC)Nc1ccccc1-2. The van der Waals surface area contributed by atoms with Crippen LogP contribution >= 0.6 is 27.7 Å². The van der Waals surface area contributed by atoms with E-state index < -0.39 is 6.23 Å². The minimum Gasteiger partial charge on any atom is -0.496 e. The molecular weight excluding hydrogens is 440 g/mol. The highest BCUT2D eigenvalue weighted by Gasteiger charge is 2.28. The van der Waals surface area contributed by atoms with E-state index in [9.17, 15) is 0 Å². The molecule has 0 fully saturated rings. The van der Waals surface area contributed by atoms with Gasteiger partial charge in [-0.2, -0.15) is 4.98 Å². The van der Waals surface area contributed by atoms with Gasteiger partial charge < -0.3 is 14.8 Å². The van der Waals surface area contributed by atoms with E-state index >= 15 is 0 Å². The van der Waals surface area contributed by atoms with Crippen LogP contribution in [0.1, 0.15) is 25.1 Å². The first-order valence-electron chi connectivity index (χ1n) is 8.93. The Hall–Kier alpha value is -2.32. The number of hydrogen-bond acceptors (Lipinski definition) is 7. The van der Waals surface area contributed by atoms with Crippen LogP contribution in [-0.4, -0.2) is 28.0 Å². The highest BCUT2D eigenvalue weighted by atomic mass is 79.9. The van der Waals surface area contributed by atoms with Crippen LogP contribution in [0, 0.1) is 0 Å². The van der Waals surface area contributed by atoms with Crippen LogP contribution in [0.15, 0.2) is 52.1 Å². The molecule has 144 valence electrons. The Labute approximate surface area is 176 Å². The van der Waals surface area contributed by atoms with Crippen LogP contribution in [-0.2, 0) is 0 Å². The molecule has 6 nitrogen and oxygen atoms in total. The van der Waals surface area contributed by atoms with Crippen molar-refractivity contribution in [3.8, 4) is 22.9 Å². The van der Waals surface area contributed by atoms with E-state index in [4.69, 9.17) is 9.47 Å². The van der Waals surface area contributed by atoms with Gasteiger partial charge in [-0.1, -0.05) is 52.8 Å². The maximum Gasteiger partial charge on any atom is 0.247 e. The van der Waals surface area contributed by atoms with E-state index in [0.717, 1.165) is 39.2 Å². The fourth-order valence-corrected chi connectivity index (χ4v) is 3.96. The van der Waals surface area contributed by atoms with Gasteiger partial charge in [0.2, 0.25) is 17.3 Å². The number of aromatic nitrogens is 3. The third-order valence-electron chi connectivity index (χ3n) is 4.24. The van der Waals surface area contributed by atoms with Gasteiger partial charge in [-0.3, -0.25) is 0 Å². The molecule has 1 aromatic heterocycles. The van der Waals surface area contributed by atoms with Gasteiger partial charge in [0.05, 0.1) is 12.7 Å². The van der Waals surface area contributed by atoms with Crippen molar-refractivity contribution >= 4 is 33.4 Å². The fourth-order valence-electron chi connectivity index (χ4n) is 2.95. The third-order valence-corrected chi connectivity index (χ3v) is 5.78. The molecule has 1 aliphatic rings. The van der Waals surface area contributed by atoms with Crippen molar-refractivity contribution in [3.05, 3.63) is 52.5 Å². The Morgan fingerprint density at radius 2 is 2.07 bits per heavy atom. The molecule has 1 unspecified atom stereocenters. The second-order valence-electron chi connectivity index (χ2n) is 6.17. The van der Waals surface area contributed by atoms with Crippen molar-refractivity contribution in [1.82, 2.24) is 15.2 Å². The lowest BCUT2D eigenvalue weighted by atomic mass is 10.1. The summed E-state index contributed by atoms with van der Waals surface area (Å²) in [5.41, 5.74) is 3.29. The van der Waals surface area contributed by atoms with Gasteiger partial charge in [0.15, 0.2) is 5.69 Å². The van der Waals surface area contributed by atoms with Crippen LogP contribution in [0.2, 0.25) is 0 Å².